The average Bonchev–Trinajstić information content (AvgIpc) is 2.44. The van der Waals surface area contributed by atoms with Crippen molar-refractivity contribution in [3.63, 3.8) is 0 Å². The van der Waals surface area contributed by atoms with Gasteiger partial charge in [0.05, 0.1) is 0 Å². The number of aryl methyl sites for hydroxylation is 2. The first-order chi connectivity index (χ1) is 9.58. The van der Waals surface area contributed by atoms with E-state index in [1.165, 1.54) is 0 Å². The molecule has 0 aromatic heterocycles. The van der Waals surface area contributed by atoms with Crippen LogP contribution in [0, 0.1) is 6.92 Å². The van der Waals surface area contributed by atoms with Gasteiger partial charge in [0, 0.05) is 24.8 Å². The van der Waals surface area contributed by atoms with E-state index in [2.05, 4.69) is 0 Å². The Hall–Kier alpha value is -2.29. The molecule has 104 valence electrons. The van der Waals surface area contributed by atoms with Crippen molar-refractivity contribution in [1.82, 2.24) is 0 Å². The van der Waals surface area contributed by atoms with Gasteiger partial charge in [-0.25, -0.2) is 0 Å². The number of benzene rings is 2. The average molecular weight is 268 g/mol. The van der Waals surface area contributed by atoms with E-state index in [1.807, 2.05) is 62.5 Å². The van der Waals surface area contributed by atoms with Gasteiger partial charge in [-0.15, -0.1) is 0 Å². The normalized spacial score (nSPS) is 10.3. The third-order valence-corrected chi connectivity index (χ3v) is 3.43. The lowest BCUT2D eigenvalue weighted by Gasteiger charge is -2.19. The number of para-hydroxylation sites is 1. The third-order valence-electron chi connectivity index (χ3n) is 3.43. The second-order valence-electron chi connectivity index (χ2n) is 4.98. The Morgan fingerprint density at radius 2 is 1.90 bits per heavy atom. The molecule has 2 aromatic rings. The number of nitrogens with zero attached hydrogens (tertiary/aromatic N) is 1. The van der Waals surface area contributed by atoms with Gasteiger partial charge in [-0.2, -0.15) is 0 Å². The number of carbonyl (C=O) groups is 1. The predicted octanol–water partition coefficient (Wildman–Crippen LogP) is 3.17. The van der Waals surface area contributed by atoms with Crippen LogP contribution in [0.3, 0.4) is 0 Å². The Bertz CT molecular complexity index is 607. The van der Waals surface area contributed by atoms with Crippen LogP contribution >= 0.6 is 0 Å². The predicted molar refractivity (Wildman–Crippen MR) is 83.8 cm³/mol. The number of nitrogen functional groups attached to an aromatic ring is 1. The van der Waals surface area contributed by atoms with Crippen molar-refractivity contribution < 1.29 is 4.79 Å². The van der Waals surface area contributed by atoms with Crippen LogP contribution in [0.2, 0.25) is 0 Å². The fraction of sp³-hybridized carbons (Fsp3) is 0.235. The van der Waals surface area contributed by atoms with Gasteiger partial charge < -0.3 is 10.6 Å². The summed E-state index contributed by atoms with van der Waals surface area (Å²) >= 11 is 0. The lowest BCUT2D eigenvalue weighted by atomic mass is 10.1. The maximum atomic E-state index is 12.2. The Kier molecular flexibility index (Phi) is 4.41. The number of rotatable bonds is 4. The minimum Gasteiger partial charge on any atom is -0.399 e. The molecule has 2 N–H and O–H groups in total. The summed E-state index contributed by atoms with van der Waals surface area (Å²) in [6.45, 7) is 2.01. The van der Waals surface area contributed by atoms with E-state index in [1.54, 1.807) is 4.90 Å². The molecule has 0 saturated carbocycles. The molecule has 1 amide bonds. The molecule has 3 heteroatoms. The molecular formula is C17H20N2O. The van der Waals surface area contributed by atoms with Crippen molar-refractivity contribution in [2.75, 3.05) is 17.7 Å². The smallest absolute Gasteiger partial charge is 0.227 e. The van der Waals surface area contributed by atoms with Gasteiger partial charge in [-0.1, -0.05) is 30.3 Å². The Balaban J connectivity index is 2.00. The highest BCUT2D eigenvalue weighted by Gasteiger charge is 2.12. The van der Waals surface area contributed by atoms with Crippen molar-refractivity contribution >= 4 is 17.3 Å². The van der Waals surface area contributed by atoms with Gasteiger partial charge in [0.25, 0.3) is 0 Å². The van der Waals surface area contributed by atoms with Gasteiger partial charge in [0.1, 0.15) is 0 Å². The maximum Gasteiger partial charge on any atom is 0.227 e. The van der Waals surface area contributed by atoms with Gasteiger partial charge in [0.2, 0.25) is 5.91 Å². The molecule has 2 rings (SSSR count). The van der Waals surface area contributed by atoms with Crippen LogP contribution in [0.15, 0.2) is 48.5 Å². The molecule has 2 aromatic carbocycles. The second kappa shape index (κ2) is 6.24. The van der Waals surface area contributed by atoms with Crippen LogP contribution < -0.4 is 10.6 Å². The number of hydrogen-bond donors (Lipinski definition) is 1. The first-order valence-corrected chi connectivity index (χ1v) is 6.74. The van der Waals surface area contributed by atoms with Gasteiger partial charge in [-0.05, 0) is 42.7 Å². The van der Waals surface area contributed by atoms with E-state index in [4.69, 9.17) is 5.73 Å². The summed E-state index contributed by atoms with van der Waals surface area (Å²) in [7, 11) is 1.82. The van der Waals surface area contributed by atoms with Crippen molar-refractivity contribution in [3.8, 4) is 0 Å². The van der Waals surface area contributed by atoms with Crippen molar-refractivity contribution in [3.05, 3.63) is 59.7 Å². The topological polar surface area (TPSA) is 46.3 Å². The number of amides is 1. The fourth-order valence-corrected chi connectivity index (χ4v) is 2.24. The lowest BCUT2D eigenvalue weighted by molar-refractivity contribution is -0.118. The van der Waals surface area contributed by atoms with Gasteiger partial charge in [-0.3, -0.25) is 4.79 Å². The Morgan fingerprint density at radius 3 is 2.60 bits per heavy atom. The molecule has 0 heterocycles. The standard InChI is InChI=1S/C17H20N2O/c1-13-6-3-4-9-16(13)19(2)17(20)11-10-14-7-5-8-15(18)12-14/h3-9,12H,10-11,18H2,1-2H3. The molecule has 20 heavy (non-hydrogen) atoms. The molecule has 3 nitrogen and oxygen atoms in total. The first kappa shape index (κ1) is 14.1. The fourth-order valence-electron chi connectivity index (χ4n) is 2.24. The van der Waals surface area contributed by atoms with Crippen molar-refractivity contribution in [2.45, 2.75) is 19.8 Å². The van der Waals surface area contributed by atoms with E-state index in [0.717, 1.165) is 22.5 Å². The Labute approximate surface area is 120 Å². The lowest BCUT2D eigenvalue weighted by Crippen LogP contribution is -2.27. The molecule has 0 aliphatic heterocycles. The molecule has 0 saturated heterocycles. The molecule has 0 unspecified atom stereocenters. The zero-order valence-electron chi connectivity index (χ0n) is 12.0. The van der Waals surface area contributed by atoms with E-state index in [-0.39, 0.29) is 5.91 Å². The van der Waals surface area contributed by atoms with E-state index in [0.29, 0.717) is 12.8 Å². The number of carbonyl (C=O) groups excluding carboxylic acids is 1. The minimum atomic E-state index is 0.113. The summed E-state index contributed by atoms with van der Waals surface area (Å²) in [4.78, 5) is 14.0. The van der Waals surface area contributed by atoms with Crippen LogP contribution in [0.5, 0.6) is 0 Å². The van der Waals surface area contributed by atoms with Crippen LogP contribution in [0.1, 0.15) is 17.5 Å². The Morgan fingerprint density at radius 1 is 1.15 bits per heavy atom. The molecule has 0 radical (unpaired) electrons. The van der Waals surface area contributed by atoms with E-state index in [9.17, 15) is 4.79 Å². The summed E-state index contributed by atoms with van der Waals surface area (Å²) in [5.41, 5.74) is 9.64. The highest BCUT2D eigenvalue weighted by Crippen LogP contribution is 2.19. The monoisotopic (exact) mass is 268 g/mol. The van der Waals surface area contributed by atoms with Crippen LogP contribution in [0.25, 0.3) is 0 Å². The first-order valence-electron chi connectivity index (χ1n) is 6.74. The highest BCUT2D eigenvalue weighted by molar-refractivity contribution is 5.93. The van der Waals surface area contributed by atoms with E-state index < -0.39 is 0 Å². The summed E-state index contributed by atoms with van der Waals surface area (Å²) in [5, 5.41) is 0. The van der Waals surface area contributed by atoms with Crippen LogP contribution in [0.4, 0.5) is 11.4 Å². The molecule has 0 spiro atoms. The highest BCUT2D eigenvalue weighted by atomic mass is 16.2. The molecule has 0 bridgehead atoms. The summed E-state index contributed by atoms with van der Waals surface area (Å²) in [6, 6.07) is 15.6. The SMILES string of the molecule is Cc1ccccc1N(C)C(=O)CCc1cccc(N)c1. The molecule has 0 aliphatic carbocycles. The second-order valence-corrected chi connectivity index (χ2v) is 4.98. The van der Waals surface area contributed by atoms with E-state index >= 15 is 0 Å². The van der Waals surface area contributed by atoms with Crippen molar-refractivity contribution in [1.29, 1.82) is 0 Å². The summed E-state index contributed by atoms with van der Waals surface area (Å²) in [5.74, 6) is 0.113. The summed E-state index contributed by atoms with van der Waals surface area (Å²) < 4.78 is 0. The zero-order chi connectivity index (χ0) is 14.5. The van der Waals surface area contributed by atoms with Gasteiger partial charge in [0.15, 0.2) is 0 Å². The van der Waals surface area contributed by atoms with Crippen LogP contribution in [-0.2, 0) is 11.2 Å². The third kappa shape index (κ3) is 3.38. The molecule has 0 aliphatic rings. The maximum absolute atomic E-state index is 12.2. The minimum absolute atomic E-state index is 0.113. The van der Waals surface area contributed by atoms with Crippen molar-refractivity contribution in [2.24, 2.45) is 0 Å². The molecular weight excluding hydrogens is 248 g/mol. The number of anilines is 2. The summed E-state index contributed by atoms with van der Waals surface area (Å²) in [6.07, 6.45) is 1.19. The van der Waals surface area contributed by atoms with Crippen LogP contribution in [-0.4, -0.2) is 13.0 Å². The number of nitrogens with two attached hydrogens (primary N) is 1. The van der Waals surface area contributed by atoms with Gasteiger partial charge >= 0.3 is 0 Å². The zero-order valence-corrected chi connectivity index (χ0v) is 12.0. The largest absolute Gasteiger partial charge is 0.399 e. The number of hydrogen-bond acceptors (Lipinski definition) is 2. The molecule has 0 atom stereocenters. The molecule has 0 fully saturated rings. The quantitative estimate of drug-likeness (QED) is 0.866.